The molecule has 6 rings (SSSR count). The van der Waals surface area contributed by atoms with Gasteiger partial charge in [-0.15, -0.1) is 0 Å². The van der Waals surface area contributed by atoms with Crippen LogP contribution in [-0.2, 0) is 0 Å². The van der Waals surface area contributed by atoms with Crippen LogP contribution in [0, 0.1) is 10.1 Å². The molecule has 1 fully saturated rings. The summed E-state index contributed by atoms with van der Waals surface area (Å²) in [6.45, 7) is 0. The highest BCUT2D eigenvalue weighted by molar-refractivity contribution is 7.80. The van der Waals surface area contributed by atoms with E-state index < -0.39 is 4.92 Å². The number of nitrogens with one attached hydrogen (secondary N) is 1. The zero-order valence-electron chi connectivity index (χ0n) is 20.6. The van der Waals surface area contributed by atoms with Crippen molar-refractivity contribution in [2.75, 3.05) is 4.90 Å². The molecule has 0 aliphatic carbocycles. The maximum absolute atomic E-state index is 11.2. The van der Waals surface area contributed by atoms with Gasteiger partial charge < -0.3 is 19.5 Å². The number of anilines is 1. The number of hydrogen-bond donors (Lipinski definition) is 1. The molecule has 39 heavy (non-hydrogen) atoms. The van der Waals surface area contributed by atoms with Crippen LogP contribution in [0.4, 0.5) is 11.4 Å². The topological polar surface area (TPSA) is 85.5 Å². The van der Waals surface area contributed by atoms with Crippen molar-refractivity contribution in [1.29, 1.82) is 0 Å². The van der Waals surface area contributed by atoms with Crippen LogP contribution in [0.1, 0.15) is 23.5 Å². The fraction of sp³-hybridized carbons (Fsp3) is 0.0667. The second kappa shape index (κ2) is 10.4. The van der Waals surface area contributed by atoms with Crippen LogP contribution >= 0.6 is 12.2 Å². The van der Waals surface area contributed by atoms with E-state index in [1.807, 2.05) is 95.7 Å². The third-order valence-corrected chi connectivity index (χ3v) is 6.93. The second-order valence-electron chi connectivity index (χ2n) is 8.98. The minimum atomic E-state index is -0.399. The van der Waals surface area contributed by atoms with Crippen molar-refractivity contribution in [2.24, 2.45) is 0 Å². The van der Waals surface area contributed by atoms with E-state index in [1.165, 1.54) is 12.1 Å². The summed E-state index contributed by atoms with van der Waals surface area (Å²) in [7, 11) is 0. The van der Waals surface area contributed by atoms with Crippen LogP contribution in [-0.4, -0.2) is 19.6 Å². The lowest BCUT2D eigenvalue weighted by atomic mass is 10.0. The number of non-ortho nitro benzene ring substituents is 1. The van der Waals surface area contributed by atoms with Gasteiger partial charge in [-0.05, 0) is 85.0 Å². The van der Waals surface area contributed by atoms with Crippen molar-refractivity contribution >= 4 is 28.7 Å². The van der Waals surface area contributed by atoms with Crippen molar-refractivity contribution in [1.82, 2.24) is 14.9 Å². The number of nitro benzene ring substituents is 1. The van der Waals surface area contributed by atoms with Gasteiger partial charge in [0.15, 0.2) is 5.11 Å². The Labute approximate surface area is 230 Å². The Morgan fingerprint density at radius 2 is 1.51 bits per heavy atom. The number of rotatable bonds is 7. The molecule has 3 aromatic carbocycles. The molecule has 0 bridgehead atoms. The van der Waals surface area contributed by atoms with E-state index >= 15 is 0 Å². The Bertz CT molecular complexity index is 1610. The van der Waals surface area contributed by atoms with Crippen LogP contribution in [0.5, 0.6) is 11.5 Å². The van der Waals surface area contributed by atoms with E-state index in [9.17, 15) is 10.1 Å². The summed E-state index contributed by atoms with van der Waals surface area (Å²) in [6.07, 6.45) is 3.72. The van der Waals surface area contributed by atoms with Gasteiger partial charge in [-0.25, -0.2) is 0 Å². The van der Waals surface area contributed by atoms with Crippen LogP contribution in [0.25, 0.3) is 5.69 Å². The van der Waals surface area contributed by atoms with Crippen molar-refractivity contribution in [3.8, 4) is 17.2 Å². The Kier molecular flexibility index (Phi) is 6.48. The maximum Gasteiger partial charge on any atom is 0.269 e. The first-order valence-corrected chi connectivity index (χ1v) is 12.7. The molecule has 1 aliphatic rings. The average Bonchev–Trinajstić information content (AvgIpc) is 3.59. The van der Waals surface area contributed by atoms with Gasteiger partial charge in [0.05, 0.1) is 16.7 Å². The summed E-state index contributed by atoms with van der Waals surface area (Å²) in [5.41, 5.74) is 3.56. The van der Waals surface area contributed by atoms with Crippen molar-refractivity contribution in [2.45, 2.75) is 12.1 Å². The van der Waals surface area contributed by atoms with E-state index in [0.29, 0.717) is 5.11 Å². The van der Waals surface area contributed by atoms with Gasteiger partial charge in [0.2, 0.25) is 0 Å². The molecule has 0 radical (unpaired) electrons. The van der Waals surface area contributed by atoms with Gasteiger partial charge in [0, 0.05) is 41.6 Å². The number of nitrogens with zero attached hydrogens (tertiary/aromatic N) is 4. The highest BCUT2D eigenvalue weighted by Crippen LogP contribution is 2.42. The molecule has 0 spiro atoms. The molecule has 1 aliphatic heterocycles. The quantitative estimate of drug-likeness (QED) is 0.141. The molecule has 1 saturated heterocycles. The summed E-state index contributed by atoms with van der Waals surface area (Å²) < 4.78 is 8.01. The first-order chi connectivity index (χ1) is 19.1. The highest BCUT2D eigenvalue weighted by atomic mass is 32.1. The predicted octanol–water partition coefficient (Wildman–Crippen LogP) is 6.75. The Morgan fingerprint density at radius 1 is 0.821 bits per heavy atom. The van der Waals surface area contributed by atoms with Gasteiger partial charge in [0.1, 0.15) is 17.5 Å². The monoisotopic (exact) mass is 533 g/mol. The predicted molar refractivity (Wildman–Crippen MR) is 153 cm³/mol. The lowest BCUT2D eigenvalue weighted by Gasteiger charge is -2.29. The van der Waals surface area contributed by atoms with E-state index in [2.05, 4.69) is 15.2 Å². The van der Waals surface area contributed by atoms with E-state index in [0.717, 1.165) is 34.3 Å². The molecule has 2 atom stereocenters. The molecule has 1 N–H and O–H groups in total. The molecule has 0 amide bonds. The van der Waals surface area contributed by atoms with Crippen molar-refractivity contribution < 1.29 is 9.66 Å². The lowest BCUT2D eigenvalue weighted by molar-refractivity contribution is -0.384. The molecular formula is C30H23N5O3S. The zero-order valence-corrected chi connectivity index (χ0v) is 21.4. The van der Waals surface area contributed by atoms with Crippen LogP contribution < -0.4 is 15.0 Å². The molecule has 2 aromatic heterocycles. The largest absolute Gasteiger partial charge is 0.457 e. The Hall–Kier alpha value is -5.02. The third kappa shape index (κ3) is 4.83. The number of aromatic nitrogens is 2. The SMILES string of the molecule is O=[N+]([O-])c1ccc(-n2cccc2[C@@H]2[C@@H](c3ccccn3)NC(=S)N2c2ccc(Oc3ccccc3)cc2)cc1. The van der Waals surface area contributed by atoms with Crippen molar-refractivity contribution in [3.05, 3.63) is 143 Å². The number of benzene rings is 3. The average molecular weight is 534 g/mol. The summed E-state index contributed by atoms with van der Waals surface area (Å²) in [5, 5.41) is 15.2. The van der Waals surface area contributed by atoms with Gasteiger partial charge in [-0.3, -0.25) is 15.1 Å². The first kappa shape index (κ1) is 24.3. The molecule has 0 unspecified atom stereocenters. The maximum atomic E-state index is 11.2. The fourth-order valence-electron chi connectivity index (χ4n) is 4.84. The molecule has 192 valence electrons. The minimum Gasteiger partial charge on any atom is -0.457 e. The number of nitro groups is 1. The third-order valence-electron chi connectivity index (χ3n) is 6.61. The normalized spacial score (nSPS) is 16.6. The number of ether oxygens (including phenoxy) is 1. The summed E-state index contributed by atoms with van der Waals surface area (Å²) >= 11 is 5.87. The van der Waals surface area contributed by atoms with Crippen LogP contribution in [0.3, 0.4) is 0 Å². The number of hydrogen-bond acceptors (Lipinski definition) is 5. The molecule has 0 saturated carbocycles. The summed E-state index contributed by atoms with van der Waals surface area (Å²) in [5.74, 6) is 1.48. The minimum absolute atomic E-state index is 0.0435. The highest BCUT2D eigenvalue weighted by Gasteiger charge is 2.42. The van der Waals surface area contributed by atoms with Gasteiger partial charge in [-0.1, -0.05) is 24.3 Å². The van der Waals surface area contributed by atoms with E-state index in [4.69, 9.17) is 17.0 Å². The first-order valence-electron chi connectivity index (χ1n) is 12.3. The smallest absolute Gasteiger partial charge is 0.269 e. The molecule has 3 heterocycles. The van der Waals surface area contributed by atoms with E-state index in [1.54, 1.807) is 18.3 Å². The van der Waals surface area contributed by atoms with Gasteiger partial charge >= 0.3 is 0 Å². The van der Waals surface area contributed by atoms with E-state index in [-0.39, 0.29) is 17.8 Å². The zero-order chi connectivity index (χ0) is 26.8. The summed E-state index contributed by atoms with van der Waals surface area (Å²) in [6, 6.07) is 33.3. The Balaban J connectivity index is 1.39. The summed E-state index contributed by atoms with van der Waals surface area (Å²) in [4.78, 5) is 17.5. The van der Waals surface area contributed by atoms with Crippen LogP contribution in [0.15, 0.2) is 122 Å². The van der Waals surface area contributed by atoms with Crippen molar-refractivity contribution in [3.63, 3.8) is 0 Å². The Morgan fingerprint density at radius 3 is 2.21 bits per heavy atom. The molecule has 9 heteroatoms. The number of thiocarbonyl (C=S) groups is 1. The number of para-hydroxylation sites is 1. The number of pyridine rings is 1. The fourth-order valence-corrected chi connectivity index (χ4v) is 5.18. The lowest BCUT2D eigenvalue weighted by Crippen LogP contribution is -2.30. The van der Waals surface area contributed by atoms with Gasteiger partial charge in [-0.2, -0.15) is 0 Å². The van der Waals surface area contributed by atoms with Gasteiger partial charge in [0.25, 0.3) is 5.69 Å². The molecule has 8 nitrogen and oxygen atoms in total. The standard InChI is InChI=1S/C30H23N5O3S/c36-35(37)23-13-11-21(12-14-23)33-20-6-10-27(33)29-28(26-9-4-5-19-31-26)32-30(39)34(29)22-15-17-25(18-16-22)38-24-7-2-1-3-8-24/h1-20,28-29H,(H,32,39)/t28-,29-/m1/s1. The van der Waals surface area contributed by atoms with Crippen LogP contribution in [0.2, 0.25) is 0 Å². The molecule has 5 aromatic rings. The second-order valence-corrected chi connectivity index (χ2v) is 9.37. The molecular weight excluding hydrogens is 510 g/mol.